The summed E-state index contributed by atoms with van der Waals surface area (Å²) in [6.45, 7) is 11.3. The first kappa shape index (κ1) is 21.5. The van der Waals surface area contributed by atoms with Gasteiger partial charge in [-0.2, -0.15) is 0 Å². The maximum Gasteiger partial charge on any atom is 0.0102 e. The molecule has 0 spiro atoms. The van der Waals surface area contributed by atoms with Crippen molar-refractivity contribution in [2.45, 2.75) is 105 Å². The summed E-state index contributed by atoms with van der Waals surface area (Å²) >= 11 is 1.94. The van der Waals surface area contributed by atoms with Gasteiger partial charge in [0.2, 0.25) is 0 Å². The van der Waals surface area contributed by atoms with Gasteiger partial charge in [0.15, 0.2) is 0 Å². The van der Waals surface area contributed by atoms with Gasteiger partial charge in [-0.05, 0) is 111 Å². The smallest absolute Gasteiger partial charge is 0.0102 e. The SMILES string of the molecule is CC(C)CSNCCCC1CCC2C3CCC4CCCCC4(C)C3CCC12C. The molecule has 0 aromatic rings. The van der Waals surface area contributed by atoms with Crippen molar-refractivity contribution < 1.29 is 0 Å². The van der Waals surface area contributed by atoms with E-state index >= 15 is 0 Å². The van der Waals surface area contributed by atoms with Crippen molar-refractivity contribution in [1.29, 1.82) is 0 Å². The lowest BCUT2D eigenvalue weighted by Gasteiger charge is -2.60. The first-order valence-electron chi connectivity index (χ1n) is 12.8. The highest BCUT2D eigenvalue weighted by atomic mass is 32.2. The molecule has 0 bridgehead atoms. The monoisotopic (exact) mass is 405 g/mol. The maximum absolute atomic E-state index is 3.62. The highest BCUT2D eigenvalue weighted by Crippen LogP contribution is 2.67. The number of hydrogen-bond acceptors (Lipinski definition) is 2. The molecule has 0 saturated heterocycles. The molecule has 28 heavy (non-hydrogen) atoms. The summed E-state index contributed by atoms with van der Waals surface area (Å²) in [6.07, 6.45) is 18.3. The highest BCUT2D eigenvalue weighted by Gasteiger charge is 2.59. The Balaban J connectivity index is 1.33. The van der Waals surface area contributed by atoms with Gasteiger partial charge in [-0.3, -0.25) is 4.72 Å². The Morgan fingerprint density at radius 1 is 0.893 bits per heavy atom. The minimum absolute atomic E-state index is 0.671. The van der Waals surface area contributed by atoms with Gasteiger partial charge in [-0.1, -0.05) is 52.5 Å². The van der Waals surface area contributed by atoms with E-state index in [0.29, 0.717) is 10.8 Å². The van der Waals surface area contributed by atoms with Crippen molar-refractivity contribution in [3.63, 3.8) is 0 Å². The van der Waals surface area contributed by atoms with Gasteiger partial charge in [-0.25, -0.2) is 0 Å². The molecule has 4 fully saturated rings. The summed E-state index contributed by atoms with van der Waals surface area (Å²) in [5.41, 5.74) is 1.38. The predicted octanol–water partition coefficient (Wildman–Crippen LogP) is 7.71. The van der Waals surface area contributed by atoms with Crippen LogP contribution in [0.4, 0.5) is 0 Å². The Morgan fingerprint density at radius 2 is 1.71 bits per heavy atom. The van der Waals surface area contributed by atoms with Gasteiger partial charge in [-0.15, -0.1) is 0 Å². The molecule has 0 aromatic heterocycles. The Kier molecular flexibility index (Phi) is 6.78. The van der Waals surface area contributed by atoms with Gasteiger partial charge >= 0.3 is 0 Å². The molecule has 0 aliphatic heterocycles. The molecule has 1 N–H and O–H groups in total. The average Bonchev–Trinajstić information content (AvgIpc) is 3.00. The summed E-state index contributed by atoms with van der Waals surface area (Å²) in [4.78, 5) is 0. The van der Waals surface area contributed by atoms with Crippen molar-refractivity contribution in [3.05, 3.63) is 0 Å². The molecule has 0 amide bonds. The van der Waals surface area contributed by atoms with E-state index in [1.807, 2.05) is 11.9 Å². The van der Waals surface area contributed by atoms with Crippen LogP contribution < -0.4 is 4.72 Å². The number of nitrogens with one attached hydrogen (secondary N) is 1. The van der Waals surface area contributed by atoms with Crippen molar-refractivity contribution in [1.82, 2.24) is 4.72 Å². The minimum Gasteiger partial charge on any atom is -0.264 e. The second-order valence-corrected chi connectivity index (χ2v) is 12.9. The molecule has 0 heterocycles. The van der Waals surface area contributed by atoms with Crippen molar-refractivity contribution in [2.75, 3.05) is 12.3 Å². The molecule has 0 aromatic carbocycles. The maximum atomic E-state index is 3.62. The Bertz CT molecular complexity index is 519. The second-order valence-electron chi connectivity index (χ2n) is 12.0. The largest absolute Gasteiger partial charge is 0.264 e. The standard InChI is InChI=1S/C26H47NS/c1-19(2)18-28-27-17-7-9-21-11-13-23-22-12-10-20-8-5-6-15-25(20,3)24(22)14-16-26(21,23)4/h19-24,27H,5-18H2,1-4H3. The van der Waals surface area contributed by atoms with Crippen LogP contribution in [-0.4, -0.2) is 12.3 Å². The summed E-state index contributed by atoms with van der Waals surface area (Å²) in [7, 11) is 0. The molecule has 7 unspecified atom stereocenters. The van der Waals surface area contributed by atoms with Crippen molar-refractivity contribution in [3.8, 4) is 0 Å². The molecule has 162 valence electrons. The van der Waals surface area contributed by atoms with Gasteiger partial charge < -0.3 is 0 Å². The number of fused-ring (bicyclic) bond motifs is 5. The van der Waals surface area contributed by atoms with E-state index in [9.17, 15) is 0 Å². The van der Waals surface area contributed by atoms with Crippen LogP contribution >= 0.6 is 11.9 Å². The Morgan fingerprint density at radius 3 is 2.54 bits per heavy atom. The van der Waals surface area contributed by atoms with E-state index in [2.05, 4.69) is 32.4 Å². The fourth-order valence-corrected chi connectivity index (χ4v) is 9.34. The topological polar surface area (TPSA) is 12.0 Å². The molecule has 4 rings (SSSR count). The zero-order valence-corrected chi connectivity index (χ0v) is 20.1. The summed E-state index contributed by atoms with van der Waals surface area (Å²) in [5, 5.41) is 0. The van der Waals surface area contributed by atoms with Crippen LogP contribution in [0.3, 0.4) is 0 Å². The molecular formula is C26H47NS. The van der Waals surface area contributed by atoms with Crippen LogP contribution in [0.5, 0.6) is 0 Å². The van der Waals surface area contributed by atoms with Crippen LogP contribution in [0.2, 0.25) is 0 Å². The van der Waals surface area contributed by atoms with Crippen molar-refractivity contribution in [2.24, 2.45) is 46.3 Å². The quantitative estimate of drug-likeness (QED) is 0.344. The summed E-state index contributed by atoms with van der Waals surface area (Å²) in [5.74, 6) is 7.31. The fourth-order valence-electron chi connectivity index (χ4n) is 8.60. The van der Waals surface area contributed by atoms with E-state index < -0.39 is 0 Å². The predicted molar refractivity (Wildman–Crippen MR) is 124 cm³/mol. The highest BCUT2D eigenvalue weighted by molar-refractivity contribution is 7.97. The minimum atomic E-state index is 0.671. The molecule has 2 heteroatoms. The van der Waals surface area contributed by atoms with Crippen molar-refractivity contribution >= 4 is 11.9 Å². The van der Waals surface area contributed by atoms with Gasteiger partial charge in [0.1, 0.15) is 0 Å². The number of hydrogen-bond donors (Lipinski definition) is 1. The molecule has 4 aliphatic carbocycles. The molecule has 0 radical (unpaired) electrons. The lowest BCUT2D eigenvalue weighted by molar-refractivity contribution is -0.111. The van der Waals surface area contributed by atoms with E-state index in [-0.39, 0.29) is 0 Å². The van der Waals surface area contributed by atoms with Gasteiger partial charge in [0.05, 0.1) is 0 Å². The molecule has 7 atom stereocenters. The van der Waals surface area contributed by atoms with E-state index in [1.54, 1.807) is 44.9 Å². The van der Waals surface area contributed by atoms with Crippen LogP contribution in [0.1, 0.15) is 105 Å². The first-order valence-corrected chi connectivity index (χ1v) is 13.8. The van der Waals surface area contributed by atoms with E-state index in [1.165, 1.54) is 44.4 Å². The lowest BCUT2D eigenvalue weighted by atomic mass is 9.45. The zero-order chi connectivity index (χ0) is 19.8. The summed E-state index contributed by atoms with van der Waals surface area (Å²) in [6, 6.07) is 0. The Hall–Kier alpha value is 0.310. The number of rotatable bonds is 7. The van der Waals surface area contributed by atoms with Crippen LogP contribution in [-0.2, 0) is 0 Å². The van der Waals surface area contributed by atoms with Gasteiger partial charge in [0, 0.05) is 12.3 Å². The molecule has 1 nitrogen and oxygen atoms in total. The third-order valence-corrected chi connectivity index (χ3v) is 11.4. The van der Waals surface area contributed by atoms with Crippen LogP contribution in [0, 0.1) is 46.3 Å². The first-order chi connectivity index (χ1) is 13.4. The van der Waals surface area contributed by atoms with E-state index in [4.69, 9.17) is 0 Å². The normalized spacial score (nSPS) is 45.5. The van der Waals surface area contributed by atoms with E-state index in [0.717, 1.165) is 35.5 Å². The zero-order valence-electron chi connectivity index (χ0n) is 19.3. The fraction of sp³-hybridized carbons (Fsp3) is 1.00. The molecule has 4 aliphatic rings. The summed E-state index contributed by atoms with van der Waals surface area (Å²) < 4.78 is 3.62. The van der Waals surface area contributed by atoms with Crippen LogP contribution in [0.25, 0.3) is 0 Å². The third-order valence-electron chi connectivity index (χ3n) is 10.1. The van der Waals surface area contributed by atoms with Gasteiger partial charge in [0.25, 0.3) is 0 Å². The molecule has 4 saturated carbocycles. The third kappa shape index (κ3) is 3.95. The lowest BCUT2D eigenvalue weighted by Crippen LogP contribution is -2.52. The average molecular weight is 406 g/mol. The molecular weight excluding hydrogens is 358 g/mol. The van der Waals surface area contributed by atoms with Crippen LogP contribution in [0.15, 0.2) is 0 Å². The second kappa shape index (κ2) is 8.81. The Labute approximate surface area is 180 Å².